The number of aromatic nitrogens is 1. The minimum atomic E-state index is 0.487. The lowest BCUT2D eigenvalue weighted by atomic mass is 10.1. The first-order valence-electron chi connectivity index (χ1n) is 7.15. The molecule has 0 radical (unpaired) electrons. The monoisotopic (exact) mass is 348 g/mol. The van der Waals surface area contributed by atoms with Gasteiger partial charge in [0.15, 0.2) is 0 Å². The third kappa shape index (κ3) is 4.55. The average Bonchev–Trinajstić information content (AvgIpc) is 2.49. The molecular formula is C17H21BrN2O. The summed E-state index contributed by atoms with van der Waals surface area (Å²) in [7, 11) is 0. The van der Waals surface area contributed by atoms with Crippen LogP contribution in [0.2, 0.25) is 0 Å². The van der Waals surface area contributed by atoms with Gasteiger partial charge in [0.05, 0.1) is 11.4 Å². The Hall–Kier alpha value is -1.39. The highest BCUT2D eigenvalue weighted by atomic mass is 79.9. The highest BCUT2D eigenvalue weighted by Crippen LogP contribution is 2.26. The first kappa shape index (κ1) is 16.0. The van der Waals surface area contributed by atoms with Crippen molar-refractivity contribution in [2.24, 2.45) is 0 Å². The summed E-state index contributed by atoms with van der Waals surface area (Å²) in [5.74, 6) is 0.882. The molecule has 1 aromatic carbocycles. The molecule has 0 aliphatic carbocycles. The average molecular weight is 349 g/mol. The molecule has 2 aromatic rings. The van der Waals surface area contributed by atoms with Gasteiger partial charge in [-0.2, -0.15) is 0 Å². The molecule has 21 heavy (non-hydrogen) atoms. The molecule has 0 atom stereocenters. The second-order valence-electron chi connectivity index (χ2n) is 5.06. The van der Waals surface area contributed by atoms with Crippen molar-refractivity contribution < 1.29 is 4.74 Å². The molecule has 0 bridgehead atoms. The predicted octanol–water partition coefficient (Wildman–Crippen LogP) is 4.15. The smallest absolute Gasteiger partial charge is 0.130 e. The molecule has 0 unspecified atom stereocenters. The summed E-state index contributed by atoms with van der Waals surface area (Å²) < 4.78 is 7.00. The topological polar surface area (TPSA) is 34.1 Å². The quantitative estimate of drug-likeness (QED) is 0.851. The van der Waals surface area contributed by atoms with Crippen molar-refractivity contribution in [2.45, 2.75) is 33.9 Å². The van der Waals surface area contributed by atoms with E-state index >= 15 is 0 Å². The zero-order valence-corrected chi connectivity index (χ0v) is 14.3. The standard InChI is InChI=1S/C17H21BrN2O/c1-4-19-10-14-6-5-7-15(20-14)11-21-16-8-12(2)17(18)13(3)9-16/h5-9,19H,4,10-11H2,1-3H3. The number of benzene rings is 1. The number of hydrogen-bond acceptors (Lipinski definition) is 3. The number of rotatable bonds is 6. The number of nitrogens with zero attached hydrogens (tertiary/aromatic N) is 1. The molecule has 0 aliphatic heterocycles. The summed E-state index contributed by atoms with van der Waals surface area (Å²) in [5, 5.41) is 3.28. The molecule has 4 heteroatoms. The van der Waals surface area contributed by atoms with Gasteiger partial charge >= 0.3 is 0 Å². The molecule has 1 N–H and O–H groups in total. The van der Waals surface area contributed by atoms with E-state index in [1.54, 1.807) is 0 Å². The van der Waals surface area contributed by atoms with Gasteiger partial charge < -0.3 is 10.1 Å². The van der Waals surface area contributed by atoms with Gasteiger partial charge in [0.1, 0.15) is 12.4 Å². The van der Waals surface area contributed by atoms with Gasteiger partial charge in [-0.3, -0.25) is 4.98 Å². The van der Waals surface area contributed by atoms with E-state index in [1.807, 2.05) is 30.3 Å². The minimum absolute atomic E-state index is 0.487. The van der Waals surface area contributed by atoms with Crippen molar-refractivity contribution >= 4 is 15.9 Å². The Labute approximate surface area is 134 Å². The fourth-order valence-electron chi connectivity index (χ4n) is 2.11. The third-order valence-electron chi connectivity index (χ3n) is 3.22. The van der Waals surface area contributed by atoms with E-state index < -0.39 is 0 Å². The predicted molar refractivity (Wildman–Crippen MR) is 89.6 cm³/mol. The number of hydrogen-bond donors (Lipinski definition) is 1. The van der Waals surface area contributed by atoms with Gasteiger partial charge in [-0.15, -0.1) is 0 Å². The molecule has 1 aromatic heterocycles. The molecule has 0 amide bonds. The number of pyridine rings is 1. The van der Waals surface area contributed by atoms with Gasteiger partial charge in [-0.25, -0.2) is 0 Å². The molecule has 0 saturated carbocycles. The van der Waals surface area contributed by atoms with Gasteiger partial charge in [0.2, 0.25) is 0 Å². The normalized spacial score (nSPS) is 10.7. The second kappa shape index (κ2) is 7.57. The van der Waals surface area contributed by atoms with Crippen molar-refractivity contribution in [2.75, 3.05) is 6.54 Å². The summed E-state index contributed by atoms with van der Waals surface area (Å²) in [6.45, 7) is 8.45. The highest BCUT2D eigenvalue weighted by molar-refractivity contribution is 9.10. The number of halogens is 1. The van der Waals surface area contributed by atoms with Crippen LogP contribution < -0.4 is 10.1 Å². The van der Waals surface area contributed by atoms with Crippen LogP contribution in [-0.4, -0.2) is 11.5 Å². The zero-order chi connectivity index (χ0) is 15.2. The maximum absolute atomic E-state index is 5.86. The summed E-state index contributed by atoms with van der Waals surface area (Å²) in [4.78, 5) is 4.59. The molecule has 1 heterocycles. The van der Waals surface area contributed by atoms with Crippen LogP contribution in [0.5, 0.6) is 5.75 Å². The zero-order valence-electron chi connectivity index (χ0n) is 12.7. The van der Waals surface area contributed by atoms with Crippen molar-refractivity contribution in [1.29, 1.82) is 0 Å². The van der Waals surface area contributed by atoms with Crippen LogP contribution in [0.4, 0.5) is 0 Å². The Morgan fingerprint density at radius 3 is 2.48 bits per heavy atom. The van der Waals surface area contributed by atoms with E-state index in [1.165, 1.54) is 11.1 Å². The summed E-state index contributed by atoms with van der Waals surface area (Å²) >= 11 is 3.57. The molecule has 0 saturated heterocycles. The van der Waals surface area contributed by atoms with E-state index in [-0.39, 0.29) is 0 Å². The number of ether oxygens (including phenoxy) is 1. The molecule has 112 valence electrons. The Morgan fingerprint density at radius 2 is 1.81 bits per heavy atom. The highest BCUT2D eigenvalue weighted by Gasteiger charge is 2.04. The summed E-state index contributed by atoms with van der Waals surface area (Å²) in [6, 6.07) is 10.1. The second-order valence-corrected chi connectivity index (χ2v) is 5.85. The van der Waals surface area contributed by atoms with Crippen LogP contribution in [-0.2, 0) is 13.2 Å². The Morgan fingerprint density at radius 1 is 1.14 bits per heavy atom. The van der Waals surface area contributed by atoms with E-state index in [0.717, 1.165) is 34.7 Å². The molecular weight excluding hydrogens is 328 g/mol. The minimum Gasteiger partial charge on any atom is -0.487 e. The van der Waals surface area contributed by atoms with Crippen LogP contribution >= 0.6 is 15.9 Å². The lowest BCUT2D eigenvalue weighted by Crippen LogP contribution is -2.13. The third-order valence-corrected chi connectivity index (χ3v) is 4.47. The Balaban J connectivity index is 2.03. The van der Waals surface area contributed by atoms with Crippen molar-refractivity contribution in [3.05, 3.63) is 57.3 Å². The largest absolute Gasteiger partial charge is 0.487 e. The van der Waals surface area contributed by atoms with Crippen LogP contribution in [0.15, 0.2) is 34.8 Å². The van der Waals surface area contributed by atoms with Gasteiger partial charge in [-0.05, 0) is 55.8 Å². The Kier molecular flexibility index (Phi) is 5.76. The van der Waals surface area contributed by atoms with E-state index in [2.05, 4.69) is 47.0 Å². The number of aryl methyl sites for hydroxylation is 2. The maximum atomic E-state index is 5.86. The van der Waals surface area contributed by atoms with Crippen molar-refractivity contribution in [3.8, 4) is 5.75 Å². The van der Waals surface area contributed by atoms with Crippen molar-refractivity contribution in [1.82, 2.24) is 10.3 Å². The van der Waals surface area contributed by atoms with Crippen LogP contribution in [0.25, 0.3) is 0 Å². The SMILES string of the molecule is CCNCc1cccc(COc2cc(C)c(Br)c(C)c2)n1. The molecule has 0 fully saturated rings. The van der Waals surface area contributed by atoms with E-state index in [0.29, 0.717) is 6.61 Å². The fourth-order valence-corrected chi connectivity index (χ4v) is 2.34. The van der Waals surface area contributed by atoms with E-state index in [4.69, 9.17) is 4.74 Å². The summed E-state index contributed by atoms with van der Waals surface area (Å²) in [6.07, 6.45) is 0. The van der Waals surface area contributed by atoms with E-state index in [9.17, 15) is 0 Å². The first-order chi connectivity index (χ1) is 10.1. The lowest BCUT2D eigenvalue weighted by Gasteiger charge is -2.10. The molecule has 0 spiro atoms. The fraction of sp³-hybridized carbons (Fsp3) is 0.353. The van der Waals surface area contributed by atoms with Gasteiger partial charge in [0, 0.05) is 11.0 Å². The number of nitrogens with one attached hydrogen (secondary N) is 1. The lowest BCUT2D eigenvalue weighted by molar-refractivity contribution is 0.300. The molecule has 3 nitrogen and oxygen atoms in total. The van der Waals surface area contributed by atoms with Crippen LogP contribution in [0.1, 0.15) is 29.4 Å². The first-order valence-corrected chi connectivity index (χ1v) is 7.94. The maximum Gasteiger partial charge on any atom is 0.130 e. The molecule has 2 rings (SSSR count). The van der Waals surface area contributed by atoms with Gasteiger partial charge in [0.25, 0.3) is 0 Å². The van der Waals surface area contributed by atoms with Crippen LogP contribution in [0.3, 0.4) is 0 Å². The van der Waals surface area contributed by atoms with Gasteiger partial charge in [-0.1, -0.05) is 28.9 Å². The summed E-state index contributed by atoms with van der Waals surface area (Å²) in [5.41, 5.74) is 4.35. The Bertz CT molecular complexity index is 590. The van der Waals surface area contributed by atoms with Crippen LogP contribution in [0, 0.1) is 13.8 Å². The van der Waals surface area contributed by atoms with Crippen molar-refractivity contribution in [3.63, 3.8) is 0 Å². The molecule has 0 aliphatic rings.